The summed E-state index contributed by atoms with van der Waals surface area (Å²) in [7, 11) is 1.42. The Morgan fingerprint density at radius 1 is 1.29 bits per heavy atom. The fourth-order valence-corrected chi connectivity index (χ4v) is 1.61. The topological polar surface area (TPSA) is 35.5 Å². The zero-order valence-electron chi connectivity index (χ0n) is 10.5. The number of hydrogen-bond acceptors (Lipinski definition) is 3. The molecule has 0 heterocycles. The number of benzene rings is 1. The highest BCUT2D eigenvalue weighted by molar-refractivity contribution is 5.69. The van der Waals surface area contributed by atoms with Crippen molar-refractivity contribution < 1.29 is 14.3 Å². The predicted molar refractivity (Wildman–Crippen MR) is 67.0 cm³/mol. The van der Waals surface area contributed by atoms with Gasteiger partial charge in [0.1, 0.15) is 5.75 Å². The summed E-state index contributed by atoms with van der Waals surface area (Å²) in [4.78, 5) is 11.0. The average Bonchev–Trinajstić information content (AvgIpc) is 2.36. The van der Waals surface area contributed by atoms with Crippen molar-refractivity contribution in [2.24, 2.45) is 5.92 Å². The van der Waals surface area contributed by atoms with Crippen LogP contribution in [0.5, 0.6) is 5.75 Å². The molecule has 0 bridgehead atoms. The molecule has 94 valence electrons. The Morgan fingerprint density at radius 2 is 2.00 bits per heavy atom. The molecule has 0 saturated heterocycles. The molecule has 0 aliphatic carbocycles. The number of esters is 1. The van der Waals surface area contributed by atoms with E-state index in [2.05, 4.69) is 11.7 Å². The third-order valence-corrected chi connectivity index (χ3v) is 2.60. The van der Waals surface area contributed by atoms with E-state index in [1.165, 1.54) is 7.11 Å². The number of para-hydroxylation sites is 1. The van der Waals surface area contributed by atoms with Gasteiger partial charge in [0.15, 0.2) is 0 Å². The molecule has 0 saturated carbocycles. The fourth-order valence-electron chi connectivity index (χ4n) is 1.61. The summed E-state index contributed by atoms with van der Waals surface area (Å²) in [6, 6.07) is 9.76. The number of methoxy groups -OCH3 is 1. The van der Waals surface area contributed by atoms with E-state index in [-0.39, 0.29) is 5.97 Å². The van der Waals surface area contributed by atoms with Crippen molar-refractivity contribution >= 4 is 5.97 Å². The molecule has 3 heteroatoms. The zero-order valence-corrected chi connectivity index (χ0v) is 10.5. The lowest BCUT2D eigenvalue weighted by molar-refractivity contribution is -0.141. The normalized spacial score (nSPS) is 11.9. The van der Waals surface area contributed by atoms with Crippen molar-refractivity contribution in [1.82, 2.24) is 0 Å². The van der Waals surface area contributed by atoms with Gasteiger partial charge in [-0.1, -0.05) is 25.1 Å². The molecule has 0 aliphatic heterocycles. The summed E-state index contributed by atoms with van der Waals surface area (Å²) in [5.41, 5.74) is 0. The number of carbonyl (C=O) groups is 1. The molecule has 3 nitrogen and oxygen atoms in total. The van der Waals surface area contributed by atoms with Crippen molar-refractivity contribution in [3.8, 4) is 5.75 Å². The Bertz CT molecular complexity index is 321. The molecule has 1 aromatic carbocycles. The lowest BCUT2D eigenvalue weighted by Gasteiger charge is -2.10. The molecule has 0 N–H and O–H groups in total. The lowest BCUT2D eigenvalue weighted by atomic mass is 10.0. The van der Waals surface area contributed by atoms with Gasteiger partial charge in [0.05, 0.1) is 13.7 Å². The van der Waals surface area contributed by atoms with E-state index >= 15 is 0 Å². The molecule has 1 atom stereocenters. The maximum Gasteiger partial charge on any atom is 0.305 e. The molecule has 0 aliphatic rings. The standard InChI is InChI=1S/C14H20O3/c1-12(11-14(15)16-2)7-6-10-17-13-8-4-3-5-9-13/h3-5,8-9,12H,6-7,10-11H2,1-2H3. The minimum Gasteiger partial charge on any atom is -0.494 e. The first-order valence-corrected chi connectivity index (χ1v) is 5.97. The van der Waals surface area contributed by atoms with Crippen LogP contribution >= 0.6 is 0 Å². The maximum absolute atomic E-state index is 11.0. The first kappa shape index (κ1) is 13.6. The fraction of sp³-hybridized carbons (Fsp3) is 0.500. The van der Waals surface area contributed by atoms with E-state index in [9.17, 15) is 4.79 Å². The molecule has 1 aromatic rings. The van der Waals surface area contributed by atoms with Crippen LogP contribution in [0.4, 0.5) is 0 Å². The molecule has 0 fully saturated rings. The minimum absolute atomic E-state index is 0.138. The Balaban J connectivity index is 2.10. The summed E-state index contributed by atoms with van der Waals surface area (Å²) < 4.78 is 10.2. The van der Waals surface area contributed by atoms with Gasteiger partial charge in [0.2, 0.25) is 0 Å². The van der Waals surface area contributed by atoms with Crippen LogP contribution in [0.3, 0.4) is 0 Å². The van der Waals surface area contributed by atoms with Crippen molar-refractivity contribution in [1.29, 1.82) is 0 Å². The van der Waals surface area contributed by atoms with Crippen LogP contribution < -0.4 is 4.74 Å². The SMILES string of the molecule is COC(=O)CC(C)CCCOc1ccccc1. The second-order valence-electron chi connectivity index (χ2n) is 4.19. The van der Waals surface area contributed by atoms with Crippen LogP contribution in [0.15, 0.2) is 30.3 Å². The second kappa shape index (κ2) is 7.71. The highest BCUT2D eigenvalue weighted by Crippen LogP contribution is 2.13. The highest BCUT2D eigenvalue weighted by atomic mass is 16.5. The Hall–Kier alpha value is -1.51. The Labute approximate surface area is 103 Å². The molecule has 1 rings (SSSR count). The van der Waals surface area contributed by atoms with Gasteiger partial charge in [-0.25, -0.2) is 0 Å². The predicted octanol–water partition coefficient (Wildman–Crippen LogP) is 3.04. The van der Waals surface area contributed by atoms with E-state index < -0.39 is 0 Å². The van der Waals surface area contributed by atoms with Gasteiger partial charge in [-0.3, -0.25) is 4.79 Å². The molecular formula is C14H20O3. The molecule has 0 amide bonds. The van der Waals surface area contributed by atoms with Gasteiger partial charge in [-0.15, -0.1) is 0 Å². The smallest absolute Gasteiger partial charge is 0.305 e. The van der Waals surface area contributed by atoms with Crippen LogP contribution in [0.2, 0.25) is 0 Å². The van der Waals surface area contributed by atoms with Gasteiger partial charge in [-0.2, -0.15) is 0 Å². The van der Waals surface area contributed by atoms with Crippen LogP contribution in [-0.2, 0) is 9.53 Å². The van der Waals surface area contributed by atoms with Crippen molar-refractivity contribution in [2.75, 3.05) is 13.7 Å². The number of rotatable bonds is 7. The van der Waals surface area contributed by atoms with Crippen LogP contribution in [0.25, 0.3) is 0 Å². The van der Waals surface area contributed by atoms with Crippen molar-refractivity contribution in [2.45, 2.75) is 26.2 Å². The van der Waals surface area contributed by atoms with Gasteiger partial charge in [0, 0.05) is 6.42 Å². The van der Waals surface area contributed by atoms with Gasteiger partial charge < -0.3 is 9.47 Å². The van der Waals surface area contributed by atoms with E-state index in [4.69, 9.17) is 4.74 Å². The summed E-state index contributed by atoms with van der Waals surface area (Å²) in [5.74, 6) is 1.11. The van der Waals surface area contributed by atoms with Gasteiger partial charge >= 0.3 is 5.97 Å². The summed E-state index contributed by atoms with van der Waals surface area (Å²) >= 11 is 0. The first-order chi connectivity index (χ1) is 8.22. The summed E-state index contributed by atoms with van der Waals surface area (Å²) in [5, 5.41) is 0. The van der Waals surface area contributed by atoms with E-state index in [0.29, 0.717) is 18.9 Å². The monoisotopic (exact) mass is 236 g/mol. The summed E-state index contributed by atoms with van der Waals surface area (Å²) in [6.45, 7) is 2.75. The van der Waals surface area contributed by atoms with Crippen molar-refractivity contribution in [3.63, 3.8) is 0 Å². The van der Waals surface area contributed by atoms with Crippen molar-refractivity contribution in [3.05, 3.63) is 30.3 Å². The van der Waals surface area contributed by atoms with Crippen LogP contribution in [0, 0.1) is 5.92 Å². The van der Waals surface area contributed by atoms with E-state index in [0.717, 1.165) is 18.6 Å². The molecule has 1 unspecified atom stereocenters. The minimum atomic E-state index is -0.138. The van der Waals surface area contributed by atoms with Crippen LogP contribution in [0.1, 0.15) is 26.2 Å². The van der Waals surface area contributed by atoms with Gasteiger partial charge in [0.25, 0.3) is 0 Å². The average molecular weight is 236 g/mol. The maximum atomic E-state index is 11.0. The highest BCUT2D eigenvalue weighted by Gasteiger charge is 2.08. The quantitative estimate of drug-likeness (QED) is 0.539. The third kappa shape index (κ3) is 5.95. The zero-order chi connectivity index (χ0) is 12.5. The lowest BCUT2D eigenvalue weighted by Crippen LogP contribution is -2.08. The molecular weight excluding hydrogens is 216 g/mol. The summed E-state index contributed by atoms with van der Waals surface area (Å²) in [6.07, 6.45) is 2.41. The van der Waals surface area contributed by atoms with E-state index in [1.807, 2.05) is 30.3 Å². The van der Waals surface area contributed by atoms with E-state index in [1.54, 1.807) is 0 Å². The number of carbonyl (C=O) groups excluding carboxylic acids is 1. The number of hydrogen-bond donors (Lipinski definition) is 0. The third-order valence-electron chi connectivity index (χ3n) is 2.60. The van der Waals surface area contributed by atoms with Gasteiger partial charge in [-0.05, 0) is 30.9 Å². The second-order valence-corrected chi connectivity index (χ2v) is 4.19. The molecule has 0 aromatic heterocycles. The molecule has 0 spiro atoms. The molecule has 0 radical (unpaired) electrons. The first-order valence-electron chi connectivity index (χ1n) is 5.97. The largest absolute Gasteiger partial charge is 0.494 e. The van der Waals surface area contributed by atoms with Crippen LogP contribution in [-0.4, -0.2) is 19.7 Å². The molecule has 17 heavy (non-hydrogen) atoms. The Kier molecular flexibility index (Phi) is 6.15. The Morgan fingerprint density at radius 3 is 2.65 bits per heavy atom. The number of ether oxygens (including phenoxy) is 2.